The number of phenolic OH excluding ortho intramolecular Hbond substituents is 1. The predicted octanol–water partition coefficient (Wildman–Crippen LogP) is 2.92. The van der Waals surface area contributed by atoms with Gasteiger partial charge in [-0.2, -0.15) is 13.2 Å². The minimum atomic E-state index is -4.20. The Kier molecular flexibility index (Phi) is 3.28. The van der Waals surface area contributed by atoms with Crippen molar-refractivity contribution < 1.29 is 18.3 Å². The standard InChI is InChI=1S/C12H14F3NO/c13-12(14,15)7-16-11-3-1-2-8-4-5-9(17)6-10(8)11/h4-6,11,16-17H,1-3,7H2. The Morgan fingerprint density at radius 3 is 2.82 bits per heavy atom. The van der Waals surface area contributed by atoms with E-state index in [2.05, 4.69) is 5.32 Å². The van der Waals surface area contributed by atoms with Gasteiger partial charge in [0.25, 0.3) is 0 Å². The maximum absolute atomic E-state index is 12.2. The Morgan fingerprint density at radius 1 is 1.35 bits per heavy atom. The molecule has 0 amide bonds. The normalized spacial score (nSPS) is 20.1. The minimum Gasteiger partial charge on any atom is -0.508 e. The number of rotatable bonds is 2. The number of nitrogens with one attached hydrogen (secondary N) is 1. The average Bonchev–Trinajstić information content (AvgIpc) is 2.25. The first-order chi connectivity index (χ1) is 7.96. The molecule has 1 atom stereocenters. The molecule has 2 N–H and O–H groups in total. The van der Waals surface area contributed by atoms with Gasteiger partial charge in [0.05, 0.1) is 6.54 Å². The first kappa shape index (κ1) is 12.2. The van der Waals surface area contributed by atoms with E-state index >= 15 is 0 Å². The molecule has 0 heterocycles. The summed E-state index contributed by atoms with van der Waals surface area (Å²) in [6.07, 6.45) is -1.80. The van der Waals surface area contributed by atoms with Gasteiger partial charge in [-0.1, -0.05) is 6.07 Å². The molecule has 0 fully saturated rings. The quantitative estimate of drug-likeness (QED) is 0.839. The van der Waals surface area contributed by atoms with Crippen LogP contribution in [0.3, 0.4) is 0 Å². The van der Waals surface area contributed by atoms with Crippen LogP contribution in [-0.4, -0.2) is 17.8 Å². The van der Waals surface area contributed by atoms with Crippen molar-refractivity contribution in [3.8, 4) is 5.75 Å². The van der Waals surface area contributed by atoms with Crippen molar-refractivity contribution >= 4 is 0 Å². The van der Waals surface area contributed by atoms with Crippen LogP contribution >= 0.6 is 0 Å². The largest absolute Gasteiger partial charge is 0.508 e. The maximum Gasteiger partial charge on any atom is 0.401 e. The Balaban J connectivity index is 2.14. The molecular formula is C12H14F3NO. The van der Waals surface area contributed by atoms with Gasteiger partial charge in [0, 0.05) is 6.04 Å². The highest BCUT2D eigenvalue weighted by Gasteiger charge is 2.29. The van der Waals surface area contributed by atoms with Crippen LogP contribution < -0.4 is 5.32 Å². The molecule has 0 radical (unpaired) electrons. The van der Waals surface area contributed by atoms with Crippen molar-refractivity contribution in [2.24, 2.45) is 0 Å². The summed E-state index contributed by atoms with van der Waals surface area (Å²) in [5.74, 6) is 0.101. The first-order valence-electron chi connectivity index (χ1n) is 5.57. The number of aromatic hydroxyl groups is 1. The van der Waals surface area contributed by atoms with E-state index in [1.54, 1.807) is 18.2 Å². The lowest BCUT2D eigenvalue weighted by atomic mass is 9.87. The van der Waals surface area contributed by atoms with E-state index in [4.69, 9.17) is 0 Å². The van der Waals surface area contributed by atoms with Gasteiger partial charge in [-0.25, -0.2) is 0 Å². The Hall–Kier alpha value is -1.23. The van der Waals surface area contributed by atoms with Crippen molar-refractivity contribution in [3.63, 3.8) is 0 Å². The lowest BCUT2D eigenvalue weighted by molar-refractivity contribution is -0.126. The number of halogens is 3. The monoisotopic (exact) mass is 245 g/mol. The van der Waals surface area contributed by atoms with E-state index < -0.39 is 12.7 Å². The molecule has 0 aromatic heterocycles. The zero-order valence-corrected chi connectivity index (χ0v) is 9.22. The molecule has 1 aromatic rings. The first-order valence-corrected chi connectivity index (χ1v) is 5.57. The SMILES string of the molecule is Oc1ccc2c(c1)C(NCC(F)(F)F)CCC2. The number of alkyl halides is 3. The molecule has 94 valence electrons. The average molecular weight is 245 g/mol. The Morgan fingerprint density at radius 2 is 2.12 bits per heavy atom. The number of benzene rings is 1. The fourth-order valence-electron chi connectivity index (χ4n) is 2.24. The molecule has 2 rings (SSSR count). The highest BCUT2D eigenvalue weighted by Crippen LogP contribution is 2.32. The summed E-state index contributed by atoms with van der Waals surface area (Å²) in [7, 11) is 0. The molecule has 0 bridgehead atoms. The number of aryl methyl sites for hydroxylation is 1. The zero-order valence-electron chi connectivity index (χ0n) is 9.22. The lowest BCUT2D eigenvalue weighted by Gasteiger charge is -2.27. The van der Waals surface area contributed by atoms with E-state index in [-0.39, 0.29) is 11.8 Å². The summed E-state index contributed by atoms with van der Waals surface area (Å²) in [6.45, 7) is -0.993. The summed E-state index contributed by atoms with van der Waals surface area (Å²) >= 11 is 0. The molecule has 1 aliphatic rings. The molecule has 0 aliphatic heterocycles. The van der Waals surface area contributed by atoms with Crippen LogP contribution in [0.15, 0.2) is 18.2 Å². The van der Waals surface area contributed by atoms with Gasteiger partial charge in [-0.3, -0.25) is 0 Å². The second kappa shape index (κ2) is 4.56. The fraction of sp³-hybridized carbons (Fsp3) is 0.500. The van der Waals surface area contributed by atoms with Crippen LogP contribution in [-0.2, 0) is 6.42 Å². The molecule has 0 saturated heterocycles. The van der Waals surface area contributed by atoms with Crippen molar-refractivity contribution in [1.29, 1.82) is 0 Å². The minimum absolute atomic E-state index is 0.101. The van der Waals surface area contributed by atoms with Crippen molar-refractivity contribution in [1.82, 2.24) is 5.32 Å². The Bertz CT molecular complexity index is 403. The fourth-order valence-corrected chi connectivity index (χ4v) is 2.24. The van der Waals surface area contributed by atoms with Crippen LogP contribution in [0.5, 0.6) is 5.75 Å². The van der Waals surface area contributed by atoms with E-state index in [9.17, 15) is 18.3 Å². The second-order valence-corrected chi connectivity index (χ2v) is 4.32. The van der Waals surface area contributed by atoms with E-state index in [0.29, 0.717) is 6.42 Å². The smallest absolute Gasteiger partial charge is 0.401 e. The number of hydrogen-bond donors (Lipinski definition) is 2. The van der Waals surface area contributed by atoms with Crippen molar-refractivity contribution in [3.05, 3.63) is 29.3 Å². The number of hydrogen-bond acceptors (Lipinski definition) is 2. The van der Waals surface area contributed by atoms with Crippen LogP contribution in [0, 0.1) is 0 Å². The third-order valence-corrected chi connectivity index (χ3v) is 2.99. The summed E-state index contributed by atoms with van der Waals surface area (Å²) in [5.41, 5.74) is 1.81. The highest BCUT2D eigenvalue weighted by atomic mass is 19.4. The topological polar surface area (TPSA) is 32.3 Å². The van der Waals surface area contributed by atoms with E-state index in [0.717, 1.165) is 24.0 Å². The molecular weight excluding hydrogens is 231 g/mol. The number of phenols is 1. The molecule has 1 unspecified atom stereocenters. The second-order valence-electron chi connectivity index (χ2n) is 4.32. The summed E-state index contributed by atoms with van der Waals surface area (Å²) in [5, 5.41) is 11.9. The predicted molar refractivity (Wildman–Crippen MR) is 57.8 cm³/mol. The van der Waals surface area contributed by atoms with Gasteiger partial charge in [0.2, 0.25) is 0 Å². The number of fused-ring (bicyclic) bond motifs is 1. The third kappa shape index (κ3) is 3.12. The van der Waals surface area contributed by atoms with Crippen LogP contribution in [0.4, 0.5) is 13.2 Å². The van der Waals surface area contributed by atoms with Crippen molar-refractivity contribution in [2.45, 2.75) is 31.5 Å². The highest BCUT2D eigenvalue weighted by molar-refractivity contribution is 5.38. The maximum atomic E-state index is 12.2. The van der Waals surface area contributed by atoms with Crippen LogP contribution in [0.1, 0.15) is 30.0 Å². The summed E-state index contributed by atoms with van der Waals surface area (Å²) in [6, 6.07) is 4.60. The van der Waals surface area contributed by atoms with Crippen LogP contribution in [0.25, 0.3) is 0 Å². The molecule has 5 heteroatoms. The molecule has 2 nitrogen and oxygen atoms in total. The summed E-state index contributed by atoms with van der Waals surface area (Å²) in [4.78, 5) is 0. The third-order valence-electron chi connectivity index (χ3n) is 2.99. The zero-order chi connectivity index (χ0) is 12.5. The van der Waals surface area contributed by atoms with E-state index in [1.165, 1.54) is 0 Å². The molecule has 17 heavy (non-hydrogen) atoms. The van der Waals surface area contributed by atoms with Gasteiger partial charge >= 0.3 is 6.18 Å². The molecule has 0 saturated carbocycles. The molecule has 1 aliphatic carbocycles. The summed E-state index contributed by atoms with van der Waals surface area (Å²) < 4.78 is 36.5. The van der Waals surface area contributed by atoms with Gasteiger partial charge in [0.1, 0.15) is 5.75 Å². The lowest BCUT2D eigenvalue weighted by Crippen LogP contribution is -2.33. The van der Waals surface area contributed by atoms with E-state index in [1.807, 2.05) is 0 Å². The molecule has 0 spiro atoms. The van der Waals surface area contributed by atoms with Gasteiger partial charge in [-0.05, 0) is 42.5 Å². The van der Waals surface area contributed by atoms with Gasteiger partial charge in [-0.15, -0.1) is 0 Å². The van der Waals surface area contributed by atoms with Gasteiger partial charge in [0.15, 0.2) is 0 Å². The Labute approximate surface area is 97.5 Å². The van der Waals surface area contributed by atoms with Crippen LogP contribution in [0.2, 0.25) is 0 Å². The van der Waals surface area contributed by atoms with Gasteiger partial charge < -0.3 is 10.4 Å². The molecule has 1 aromatic carbocycles. The van der Waals surface area contributed by atoms with Crippen molar-refractivity contribution in [2.75, 3.05) is 6.54 Å².